The van der Waals surface area contributed by atoms with Gasteiger partial charge in [-0.1, -0.05) is 6.07 Å². The Kier molecular flexibility index (Phi) is 5.83. The number of benzene rings is 2. The lowest BCUT2D eigenvalue weighted by Crippen LogP contribution is -2.32. The van der Waals surface area contributed by atoms with E-state index in [9.17, 15) is 24.8 Å². The number of aromatic hydroxyl groups is 1. The van der Waals surface area contributed by atoms with Crippen LogP contribution in [0.3, 0.4) is 0 Å². The second kappa shape index (κ2) is 8.24. The highest BCUT2D eigenvalue weighted by molar-refractivity contribution is 6.39. The Bertz CT molecular complexity index is 881. The van der Waals surface area contributed by atoms with E-state index in [1.54, 1.807) is 18.2 Å². The van der Waals surface area contributed by atoms with Crippen LogP contribution in [0.2, 0.25) is 0 Å². The van der Waals surface area contributed by atoms with E-state index in [0.717, 1.165) is 18.3 Å². The number of ether oxygens (including phenoxy) is 1. The number of carbonyl (C=O) groups is 2. The van der Waals surface area contributed by atoms with Crippen LogP contribution in [0.4, 0.5) is 11.4 Å². The van der Waals surface area contributed by atoms with Crippen molar-refractivity contribution < 1.29 is 24.4 Å². The summed E-state index contributed by atoms with van der Waals surface area (Å²) in [5.74, 6) is -1.96. The Morgan fingerprint density at radius 3 is 2.69 bits per heavy atom. The molecule has 10 heteroatoms. The number of phenolic OH excluding ortho intramolecular Hbond substituents is 1. The summed E-state index contributed by atoms with van der Waals surface area (Å²) in [6.45, 7) is 0. The van der Waals surface area contributed by atoms with Gasteiger partial charge in [0.25, 0.3) is 0 Å². The Labute approximate surface area is 147 Å². The number of nitro benzene ring substituents is 1. The largest absolute Gasteiger partial charge is 0.502 e. The van der Waals surface area contributed by atoms with Crippen LogP contribution in [0.1, 0.15) is 5.56 Å². The number of carbonyl (C=O) groups excluding carboxylic acids is 2. The van der Waals surface area contributed by atoms with E-state index in [4.69, 9.17) is 4.74 Å². The zero-order chi connectivity index (χ0) is 19.1. The molecule has 0 saturated heterocycles. The number of amides is 2. The topological polar surface area (TPSA) is 143 Å². The van der Waals surface area contributed by atoms with Gasteiger partial charge in [0, 0.05) is 23.4 Å². The zero-order valence-corrected chi connectivity index (χ0v) is 13.5. The van der Waals surface area contributed by atoms with Crippen molar-refractivity contribution in [3.63, 3.8) is 0 Å². The number of phenols is 1. The average Bonchev–Trinajstić information content (AvgIpc) is 2.62. The maximum atomic E-state index is 11.8. The molecule has 0 heterocycles. The Morgan fingerprint density at radius 2 is 2.00 bits per heavy atom. The van der Waals surface area contributed by atoms with E-state index >= 15 is 0 Å². The third-order valence-electron chi connectivity index (χ3n) is 3.11. The first-order valence-electron chi connectivity index (χ1n) is 7.16. The summed E-state index contributed by atoms with van der Waals surface area (Å²) in [6.07, 6.45) is 1.10. The Hall–Kier alpha value is -3.95. The number of hydrogen-bond acceptors (Lipinski definition) is 7. The summed E-state index contributed by atoms with van der Waals surface area (Å²) in [5, 5.41) is 26.0. The molecule has 0 unspecified atom stereocenters. The molecule has 0 aromatic heterocycles. The van der Waals surface area contributed by atoms with Gasteiger partial charge in [0.05, 0.1) is 18.2 Å². The molecule has 26 heavy (non-hydrogen) atoms. The first kappa shape index (κ1) is 18.4. The van der Waals surface area contributed by atoms with Gasteiger partial charge in [-0.05, 0) is 24.3 Å². The van der Waals surface area contributed by atoms with Crippen molar-refractivity contribution >= 4 is 29.4 Å². The molecule has 0 radical (unpaired) electrons. The quantitative estimate of drug-likeness (QED) is 0.319. The minimum Gasteiger partial charge on any atom is -0.502 e. The molecule has 0 aliphatic heterocycles. The molecule has 3 N–H and O–H groups in total. The van der Waals surface area contributed by atoms with Gasteiger partial charge < -0.3 is 15.2 Å². The van der Waals surface area contributed by atoms with Crippen LogP contribution in [0.15, 0.2) is 47.6 Å². The molecule has 0 fully saturated rings. The highest BCUT2D eigenvalue weighted by Gasteiger charge is 2.14. The van der Waals surface area contributed by atoms with Gasteiger partial charge in [-0.15, -0.1) is 0 Å². The van der Waals surface area contributed by atoms with Crippen molar-refractivity contribution in [2.75, 3.05) is 12.4 Å². The predicted molar refractivity (Wildman–Crippen MR) is 92.1 cm³/mol. The molecule has 2 aromatic rings. The monoisotopic (exact) mass is 358 g/mol. The summed E-state index contributed by atoms with van der Waals surface area (Å²) < 4.78 is 5.00. The van der Waals surface area contributed by atoms with E-state index in [-0.39, 0.29) is 5.56 Å². The summed E-state index contributed by atoms with van der Waals surface area (Å²) in [4.78, 5) is 33.5. The lowest BCUT2D eigenvalue weighted by Gasteiger charge is -2.05. The minimum absolute atomic E-state index is 0.253. The minimum atomic E-state index is -1.03. The van der Waals surface area contributed by atoms with Crippen LogP contribution >= 0.6 is 0 Å². The van der Waals surface area contributed by atoms with Gasteiger partial charge >= 0.3 is 17.5 Å². The molecule has 0 saturated carbocycles. The summed E-state index contributed by atoms with van der Waals surface area (Å²) in [5.41, 5.74) is 2.11. The first-order chi connectivity index (χ1) is 12.4. The van der Waals surface area contributed by atoms with Gasteiger partial charge in [0.2, 0.25) is 0 Å². The van der Waals surface area contributed by atoms with E-state index in [2.05, 4.69) is 10.4 Å². The fourth-order valence-electron chi connectivity index (χ4n) is 1.87. The molecule has 0 spiro atoms. The average molecular weight is 358 g/mol. The first-order valence-corrected chi connectivity index (χ1v) is 7.16. The molecule has 2 rings (SSSR count). The summed E-state index contributed by atoms with van der Waals surface area (Å²) in [7, 11) is 1.47. The van der Waals surface area contributed by atoms with Crippen molar-refractivity contribution in [3.8, 4) is 11.5 Å². The Balaban J connectivity index is 1.97. The second-order valence-electron chi connectivity index (χ2n) is 4.89. The van der Waals surface area contributed by atoms with Gasteiger partial charge in [-0.2, -0.15) is 5.10 Å². The van der Waals surface area contributed by atoms with Crippen molar-refractivity contribution in [2.24, 2.45) is 5.10 Å². The predicted octanol–water partition coefficient (Wildman–Crippen LogP) is 1.40. The number of anilines is 1. The number of nitro groups is 1. The molecule has 10 nitrogen and oxygen atoms in total. The highest BCUT2D eigenvalue weighted by Crippen LogP contribution is 2.25. The molecule has 0 bridgehead atoms. The third-order valence-corrected chi connectivity index (χ3v) is 3.11. The van der Waals surface area contributed by atoms with Crippen molar-refractivity contribution in [3.05, 3.63) is 58.1 Å². The SMILES string of the molecule is COc1cccc(NC(=O)C(=O)N/N=C/c2ccc(O)c([N+](=O)[O-])c2)c1. The van der Waals surface area contributed by atoms with Crippen LogP contribution in [0, 0.1) is 10.1 Å². The maximum absolute atomic E-state index is 11.8. The van der Waals surface area contributed by atoms with Gasteiger partial charge in [-0.3, -0.25) is 19.7 Å². The van der Waals surface area contributed by atoms with Crippen LogP contribution in [-0.2, 0) is 9.59 Å². The smallest absolute Gasteiger partial charge is 0.329 e. The molecule has 0 aliphatic carbocycles. The lowest BCUT2D eigenvalue weighted by molar-refractivity contribution is -0.385. The summed E-state index contributed by atoms with van der Waals surface area (Å²) >= 11 is 0. The van der Waals surface area contributed by atoms with E-state index in [1.807, 2.05) is 5.43 Å². The molecule has 0 atom stereocenters. The van der Waals surface area contributed by atoms with E-state index in [0.29, 0.717) is 11.4 Å². The molecule has 134 valence electrons. The zero-order valence-electron chi connectivity index (χ0n) is 13.5. The van der Waals surface area contributed by atoms with Crippen molar-refractivity contribution in [2.45, 2.75) is 0 Å². The highest BCUT2D eigenvalue weighted by atomic mass is 16.6. The number of methoxy groups -OCH3 is 1. The normalized spacial score (nSPS) is 10.3. The van der Waals surface area contributed by atoms with Gasteiger partial charge in [-0.25, -0.2) is 5.43 Å². The molecular weight excluding hydrogens is 344 g/mol. The van der Waals surface area contributed by atoms with Crippen molar-refractivity contribution in [1.29, 1.82) is 0 Å². The van der Waals surface area contributed by atoms with E-state index in [1.165, 1.54) is 19.2 Å². The number of rotatable bonds is 5. The van der Waals surface area contributed by atoms with Crippen molar-refractivity contribution in [1.82, 2.24) is 5.43 Å². The maximum Gasteiger partial charge on any atom is 0.329 e. The standard InChI is InChI=1S/C16H14N4O6/c1-26-12-4-2-3-11(8-12)18-15(22)16(23)19-17-9-10-5-6-14(21)13(7-10)20(24)25/h2-9,21H,1H3,(H,18,22)(H,19,23)/b17-9+. The number of nitrogens with one attached hydrogen (secondary N) is 2. The van der Waals surface area contributed by atoms with E-state index < -0.39 is 28.2 Å². The fraction of sp³-hybridized carbons (Fsp3) is 0.0625. The molecular formula is C16H14N4O6. The van der Waals surface area contributed by atoms with Crippen LogP contribution in [0.5, 0.6) is 11.5 Å². The molecule has 2 amide bonds. The number of hydrogen-bond donors (Lipinski definition) is 3. The second-order valence-corrected chi connectivity index (χ2v) is 4.89. The Morgan fingerprint density at radius 1 is 1.23 bits per heavy atom. The van der Waals surface area contributed by atoms with Crippen LogP contribution in [-0.4, -0.2) is 35.2 Å². The number of nitrogens with zero attached hydrogens (tertiary/aromatic N) is 2. The third kappa shape index (κ3) is 4.77. The molecule has 0 aliphatic rings. The fourth-order valence-corrected chi connectivity index (χ4v) is 1.87. The summed E-state index contributed by atoms with van der Waals surface area (Å²) in [6, 6.07) is 9.97. The van der Waals surface area contributed by atoms with Gasteiger partial charge in [0.15, 0.2) is 5.75 Å². The van der Waals surface area contributed by atoms with Crippen LogP contribution in [0.25, 0.3) is 0 Å². The van der Waals surface area contributed by atoms with Crippen LogP contribution < -0.4 is 15.5 Å². The van der Waals surface area contributed by atoms with Gasteiger partial charge in [0.1, 0.15) is 5.75 Å². The number of hydrazone groups is 1. The lowest BCUT2D eigenvalue weighted by atomic mass is 10.2. The molecule has 2 aromatic carbocycles.